The lowest BCUT2D eigenvalue weighted by Gasteiger charge is -2.26. The Morgan fingerprint density at radius 2 is 1.93 bits per heavy atom. The summed E-state index contributed by atoms with van der Waals surface area (Å²) in [7, 11) is 1.65. The summed E-state index contributed by atoms with van der Waals surface area (Å²) in [6.45, 7) is 6.24. The Morgan fingerprint density at radius 1 is 1.18 bits per heavy atom. The van der Waals surface area contributed by atoms with Gasteiger partial charge in [-0.3, -0.25) is 9.69 Å². The maximum absolute atomic E-state index is 12.2. The number of rotatable bonds is 8. The van der Waals surface area contributed by atoms with Gasteiger partial charge in [0, 0.05) is 18.7 Å². The number of carbonyl (C=O) groups excluding carboxylic acids is 1. The standard InChI is InChI=1S/C23H34N2O3/c1-18-5-9-20(10-6-18)24-23(26)12-8-19-7-11-21(22(17-19)27-2)28-16-15-25-13-3-4-14-25/h7-8,11-12,17-18,20H,3-6,9-10,13-16H2,1-2H3,(H,24,26)/t18-,20-. The van der Waals surface area contributed by atoms with Crippen LogP contribution in [0.3, 0.4) is 0 Å². The van der Waals surface area contributed by atoms with Gasteiger partial charge in [-0.25, -0.2) is 0 Å². The second kappa shape index (κ2) is 10.5. The molecule has 0 radical (unpaired) electrons. The van der Waals surface area contributed by atoms with E-state index in [1.54, 1.807) is 13.2 Å². The van der Waals surface area contributed by atoms with E-state index < -0.39 is 0 Å². The molecule has 1 aliphatic heterocycles. The lowest BCUT2D eigenvalue weighted by Crippen LogP contribution is -2.36. The second-order valence-electron chi connectivity index (χ2n) is 8.11. The highest BCUT2D eigenvalue weighted by Gasteiger charge is 2.18. The third kappa shape index (κ3) is 6.26. The van der Waals surface area contributed by atoms with Crippen molar-refractivity contribution in [3.05, 3.63) is 29.8 Å². The molecular weight excluding hydrogens is 352 g/mol. The van der Waals surface area contributed by atoms with Crippen LogP contribution in [0.15, 0.2) is 24.3 Å². The van der Waals surface area contributed by atoms with Gasteiger partial charge in [0.15, 0.2) is 11.5 Å². The smallest absolute Gasteiger partial charge is 0.244 e. The van der Waals surface area contributed by atoms with Crippen molar-refractivity contribution in [2.75, 3.05) is 33.4 Å². The van der Waals surface area contributed by atoms with Gasteiger partial charge >= 0.3 is 0 Å². The molecule has 1 N–H and O–H groups in total. The van der Waals surface area contributed by atoms with Gasteiger partial charge in [0.25, 0.3) is 0 Å². The van der Waals surface area contributed by atoms with E-state index in [0.717, 1.165) is 36.6 Å². The number of nitrogens with one attached hydrogen (secondary N) is 1. The fraction of sp³-hybridized carbons (Fsp3) is 0.609. The van der Waals surface area contributed by atoms with Gasteiger partial charge in [-0.15, -0.1) is 0 Å². The van der Waals surface area contributed by atoms with E-state index >= 15 is 0 Å². The number of benzene rings is 1. The second-order valence-corrected chi connectivity index (χ2v) is 8.11. The van der Waals surface area contributed by atoms with Crippen LogP contribution in [-0.4, -0.2) is 50.2 Å². The summed E-state index contributed by atoms with van der Waals surface area (Å²) in [5.74, 6) is 2.21. The highest BCUT2D eigenvalue weighted by Crippen LogP contribution is 2.29. The first-order valence-corrected chi connectivity index (χ1v) is 10.7. The number of hydrogen-bond donors (Lipinski definition) is 1. The first-order valence-electron chi connectivity index (χ1n) is 10.7. The largest absolute Gasteiger partial charge is 0.493 e. The van der Waals surface area contributed by atoms with Gasteiger partial charge in [0.05, 0.1) is 7.11 Å². The maximum Gasteiger partial charge on any atom is 0.244 e. The van der Waals surface area contributed by atoms with E-state index in [9.17, 15) is 4.79 Å². The molecule has 1 saturated carbocycles. The van der Waals surface area contributed by atoms with E-state index in [4.69, 9.17) is 9.47 Å². The first kappa shape index (κ1) is 20.7. The van der Waals surface area contributed by atoms with Crippen LogP contribution in [0, 0.1) is 5.92 Å². The molecule has 1 aromatic carbocycles. The average Bonchev–Trinajstić information content (AvgIpc) is 3.22. The SMILES string of the molecule is COc1cc(C=CC(=O)N[C@H]2CC[C@H](C)CC2)ccc1OCCN1CCCC1. The van der Waals surface area contributed by atoms with Gasteiger partial charge < -0.3 is 14.8 Å². The number of likely N-dealkylation sites (tertiary alicyclic amines) is 1. The fourth-order valence-corrected chi connectivity index (χ4v) is 4.02. The molecule has 5 nitrogen and oxygen atoms in total. The Balaban J connectivity index is 1.49. The summed E-state index contributed by atoms with van der Waals surface area (Å²) in [5.41, 5.74) is 0.927. The molecule has 1 amide bonds. The quantitative estimate of drug-likeness (QED) is 0.689. The molecule has 28 heavy (non-hydrogen) atoms. The number of carbonyl (C=O) groups is 1. The molecule has 0 bridgehead atoms. The minimum absolute atomic E-state index is 0.0236. The van der Waals surface area contributed by atoms with Crippen LogP contribution in [0.25, 0.3) is 6.08 Å². The summed E-state index contributed by atoms with van der Waals surface area (Å²) in [6, 6.07) is 6.11. The molecule has 0 atom stereocenters. The van der Waals surface area contributed by atoms with E-state index in [1.807, 2.05) is 24.3 Å². The predicted molar refractivity (Wildman–Crippen MR) is 113 cm³/mol. The molecule has 1 heterocycles. The summed E-state index contributed by atoms with van der Waals surface area (Å²) >= 11 is 0. The van der Waals surface area contributed by atoms with Crippen LogP contribution in [0.1, 0.15) is 51.0 Å². The van der Waals surface area contributed by atoms with E-state index in [-0.39, 0.29) is 5.91 Å². The Kier molecular flexibility index (Phi) is 7.78. The topological polar surface area (TPSA) is 50.8 Å². The van der Waals surface area contributed by atoms with E-state index in [2.05, 4.69) is 17.1 Å². The van der Waals surface area contributed by atoms with Crippen molar-refractivity contribution in [1.82, 2.24) is 10.2 Å². The van der Waals surface area contributed by atoms with Crippen molar-refractivity contribution in [2.24, 2.45) is 5.92 Å². The van der Waals surface area contributed by atoms with Crippen LogP contribution in [0.2, 0.25) is 0 Å². The molecule has 2 fully saturated rings. The maximum atomic E-state index is 12.2. The zero-order chi connectivity index (χ0) is 19.8. The minimum atomic E-state index is -0.0236. The normalized spacial score (nSPS) is 23.1. The lowest BCUT2D eigenvalue weighted by molar-refractivity contribution is -0.117. The Morgan fingerprint density at radius 3 is 2.64 bits per heavy atom. The van der Waals surface area contributed by atoms with Gasteiger partial charge in [0.1, 0.15) is 6.61 Å². The molecule has 2 aliphatic rings. The van der Waals surface area contributed by atoms with Crippen molar-refractivity contribution >= 4 is 12.0 Å². The monoisotopic (exact) mass is 386 g/mol. The molecule has 0 aromatic heterocycles. The summed E-state index contributed by atoms with van der Waals surface area (Å²) in [5, 5.41) is 3.12. The molecule has 0 spiro atoms. The fourth-order valence-electron chi connectivity index (χ4n) is 4.02. The summed E-state index contributed by atoms with van der Waals surface area (Å²) in [6.07, 6.45) is 10.6. The summed E-state index contributed by atoms with van der Waals surface area (Å²) < 4.78 is 11.4. The molecule has 1 aliphatic carbocycles. The lowest BCUT2D eigenvalue weighted by atomic mass is 9.87. The van der Waals surface area contributed by atoms with Crippen molar-refractivity contribution in [3.63, 3.8) is 0 Å². The van der Waals surface area contributed by atoms with Gasteiger partial charge in [-0.05, 0) is 81.3 Å². The predicted octanol–water partition coefficient (Wildman–Crippen LogP) is 3.88. The van der Waals surface area contributed by atoms with Crippen LogP contribution in [0.5, 0.6) is 11.5 Å². The zero-order valence-electron chi connectivity index (χ0n) is 17.3. The summed E-state index contributed by atoms with van der Waals surface area (Å²) in [4.78, 5) is 14.6. The molecule has 5 heteroatoms. The average molecular weight is 387 g/mol. The molecule has 1 aromatic rings. The molecule has 0 unspecified atom stereocenters. The Hall–Kier alpha value is -2.01. The van der Waals surface area contributed by atoms with E-state index in [0.29, 0.717) is 18.4 Å². The van der Waals surface area contributed by atoms with Crippen LogP contribution < -0.4 is 14.8 Å². The van der Waals surface area contributed by atoms with Gasteiger partial charge in [-0.2, -0.15) is 0 Å². The minimum Gasteiger partial charge on any atom is -0.493 e. The number of ether oxygens (including phenoxy) is 2. The Bertz CT molecular complexity index is 660. The zero-order valence-corrected chi connectivity index (χ0v) is 17.3. The van der Waals surface area contributed by atoms with Crippen LogP contribution in [0.4, 0.5) is 0 Å². The van der Waals surface area contributed by atoms with Crippen molar-refractivity contribution in [3.8, 4) is 11.5 Å². The highest BCUT2D eigenvalue weighted by atomic mass is 16.5. The number of nitrogens with zero attached hydrogens (tertiary/aromatic N) is 1. The van der Waals surface area contributed by atoms with Crippen molar-refractivity contribution in [2.45, 2.75) is 51.5 Å². The van der Waals surface area contributed by atoms with Crippen molar-refractivity contribution in [1.29, 1.82) is 0 Å². The highest BCUT2D eigenvalue weighted by molar-refractivity contribution is 5.92. The van der Waals surface area contributed by atoms with Gasteiger partial charge in [-0.1, -0.05) is 13.0 Å². The molecular formula is C23H34N2O3. The third-order valence-corrected chi connectivity index (χ3v) is 5.84. The number of methoxy groups -OCH3 is 1. The van der Waals surface area contributed by atoms with Crippen molar-refractivity contribution < 1.29 is 14.3 Å². The molecule has 3 rings (SSSR count). The van der Waals surface area contributed by atoms with E-state index in [1.165, 1.54) is 38.8 Å². The number of hydrogen-bond acceptors (Lipinski definition) is 4. The van der Waals surface area contributed by atoms with Crippen LogP contribution >= 0.6 is 0 Å². The van der Waals surface area contributed by atoms with Gasteiger partial charge in [0.2, 0.25) is 5.91 Å². The molecule has 1 saturated heterocycles. The number of amides is 1. The first-order chi connectivity index (χ1) is 13.6. The molecule has 154 valence electrons. The third-order valence-electron chi connectivity index (χ3n) is 5.84. The Labute approximate surface area is 169 Å². The van der Waals surface area contributed by atoms with Crippen LogP contribution in [-0.2, 0) is 4.79 Å².